The van der Waals surface area contributed by atoms with E-state index in [-0.39, 0.29) is 0 Å². The van der Waals surface area contributed by atoms with Gasteiger partial charge >= 0.3 is 0 Å². The Balaban J connectivity index is 1.52. The maximum absolute atomic E-state index is 9.44. The zero-order chi connectivity index (χ0) is 18.5. The summed E-state index contributed by atoms with van der Waals surface area (Å²) in [6.45, 7) is 4.48. The molecule has 1 aliphatic heterocycles. The van der Waals surface area contributed by atoms with E-state index in [4.69, 9.17) is 10.5 Å². The molecule has 0 amide bonds. The Labute approximate surface area is 157 Å². The molecule has 1 saturated heterocycles. The summed E-state index contributed by atoms with van der Waals surface area (Å²) in [6.07, 6.45) is 5.24. The number of hydrogen-bond acceptors (Lipinski definition) is 6. The fourth-order valence-corrected chi connectivity index (χ4v) is 4.14. The molecule has 2 fully saturated rings. The highest BCUT2D eigenvalue weighted by molar-refractivity contribution is 5.85. The van der Waals surface area contributed by atoms with Gasteiger partial charge in [0.25, 0.3) is 0 Å². The van der Waals surface area contributed by atoms with Gasteiger partial charge in [0.15, 0.2) is 0 Å². The Bertz CT molecular complexity index is 1040. The van der Waals surface area contributed by atoms with Crippen molar-refractivity contribution in [1.29, 1.82) is 5.26 Å². The van der Waals surface area contributed by atoms with Gasteiger partial charge in [-0.15, -0.1) is 0 Å². The second-order valence-corrected chi connectivity index (χ2v) is 7.20. The van der Waals surface area contributed by atoms with Gasteiger partial charge in [0.2, 0.25) is 0 Å². The van der Waals surface area contributed by atoms with E-state index in [9.17, 15) is 5.26 Å². The van der Waals surface area contributed by atoms with Crippen LogP contribution in [-0.2, 0) is 0 Å². The van der Waals surface area contributed by atoms with E-state index in [1.165, 1.54) is 0 Å². The average Bonchev–Trinajstić information content (AvgIpc) is 3.09. The molecule has 27 heavy (non-hydrogen) atoms. The number of pyridine rings is 2. The molecule has 3 atom stereocenters. The van der Waals surface area contributed by atoms with Crippen molar-refractivity contribution in [2.24, 2.45) is 17.6 Å². The fraction of sp³-hybridized carbons (Fsp3) is 0.350. The molecule has 1 unspecified atom stereocenters. The average molecular weight is 360 g/mol. The second-order valence-electron chi connectivity index (χ2n) is 7.20. The lowest BCUT2D eigenvalue weighted by Crippen LogP contribution is -2.28. The van der Waals surface area contributed by atoms with Crippen molar-refractivity contribution >= 4 is 11.3 Å². The maximum atomic E-state index is 9.44. The van der Waals surface area contributed by atoms with E-state index in [1.807, 2.05) is 31.3 Å². The molecule has 136 valence electrons. The number of anilines is 1. The van der Waals surface area contributed by atoms with Crippen LogP contribution in [0.25, 0.3) is 16.6 Å². The van der Waals surface area contributed by atoms with Crippen LogP contribution in [0, 0.1) is 23.2 Å². The highest BCUT2D eigenvalue weighted by atomic mass is 16.5. The largest absolute Gasteiger partial charge is 0.492 e. The molecule has 0 radical (unpaired) electrons. The van der Waals surface area contributed by atoms with Gasteiger partial charge in [-0.25, -0.2) is 9.50 Å². The summed E-state index contributed by atoms with van der Waals surface area (Å²) in [7, 11) is 0. The molecule has 0 spiro atoms. The molecule has 1 saturated carbocycles. The molecular weight excluding hydrogens is 340 g/mol. The summed E-state index contributed by atoms with van der Waals surface area (Å²) < 4.78 is 7.36. The monoisotopic (exact) mass is 360 g/mol. The van der Waals surface area contributed by atoms with Gasteiger partial charge in [-0.2, -0.15) is 10.4 Å². The third-order valence-electron chi connectivity index (χ3n) is 5.66. The number of aromatic nitrogens is 3. The molecule has 2 aliphatic rings. The lowest BCUT2D eigenvalue weighted by atomic mass is 10.1. The molecular formula is C20H20N6O. The topological polar surface area (TPSA) is 92.5 Å². The van der Waals surface area contributed by atoms with E-state index >= 15 is 0 Å². The lowest BCUT2D eigenvalue weighted by Gasteiger charge is -2.20. The van der Waals surface area contributed by atoms with E-state index in [1.54, 1.807) is 16.9 Å². The normalized spacial score (nSPS) is 23.3. The summed E-state index contributed by atoms with van der Waals surface area (Å²) >= 11 is 0. The Morgan fingerprint density at radius 3 is 2.78 bits per heavy atom. The molecule has 3 aromatic rings. The van der Waals surface area contributed by atoms with Crippen LogP contribution in [0.3, 0.4) is 0 Å². The number of nitrogens with two attached hydrogens (primary N) is 1. The lowest BCUT2D eigenvalue weighted by molar-refractivity contribution is 0.338. The van der Waals surface area contributed by atoms with Crippen LogP contribution >= 0.6 is 0 Å². The predicted octanol–water partition coefficient (Wildman–Crippen LogP) is 2.06. The van der Waals surface area contributed by atoms with Crippen LogP contribution in [0.4, 0.5) is 5.82 Å². The van der Waals surface area contributed by atoms with Crippen molar-refractivity contribution < 1.29 is 4.74 Å². The van der Waals surface area contributed by atoms with E-state index < -0.39 is 0 Å². The molecule has 7 heteroatoms. The first kappa shape index (κ1) is 16.1. The van der Waals surface area contributed by atoms with Crippen LogP contribution in [0.1, 0.15) is 12.5 Å². The molecule has 5 rings (SSSR count). The minimum absolute atomic E-state index is 0.376. The number of piperidine rings is 1. The number of hydrogen-bond donors (Lipinski definition) is 1. The maximum Gasteiger partial charge on any atom is 0.138 e. The van der Waals surface area contributed by atoms with Crippen molar-refractivity contribution in [1.82, 2.24) is 14.6 Å². The van der Waals surface area contributed by atoms with Gasteiger partial charge in [0.1, 0.15) is 17.6 Å². The summed E-state index contributed by atoms with van der Waals surface area (Å²) in [6, 6.07) is 8.63. The summed E-state index contributed by atoms with van der Waals surface area (Å²) in [5.74, 6) is 2.94. The van der Waals surface area contributed by atoms with Gasteiger partial charge < -0.3 is 15.4 Å². The number of rotatable bonds is 4. The zero-order valence-corrected chi connectivity index (χ0v) is 15.0. The SMILES string of the molecule is CCOc1cc(-c2ccc(N3CC4[C@@H](N)[C@H]4C3)nc2)c2c(C#N)cnn2c1. The van der Waals surface area contributed by atoms with Crippen LogP contribution in [0.15, 0.2) is 36.8 Å². The quantitative estimate of drug-likeness (QED) is 0.766. The van der Waals surface area contributed by atoms with Crippen molar-refractivity contribution in [3.63, 3.8) is 0 Å². The van der Waals surface area contributed by atoms with E-state index in [2.05, 4.69) is 21.1 Å². The van der Waals surface area contributed by atoms with Gasteiger partial charge in [0.05, 0.1) is 30.1 Å². The summed E-state index contributed by atoms with van der Waals surface area (Å²) in [5, 5.41) is 13.7. The molecule has 7 nitrogen and oxygen atoms in total. The number of nitriles is 1. The number of ether oxygens (including phenoxy) is 1. The van der Waals surface area contributed by atoms with Crippen molar-refractivity contribution in [3.05, 3.63) is 42.4 Å². The predicted molar refractivity (Wildman–Crippen MR) is 101 cm³/mol. The van der Waals surface area contributed by atoms with Crippen LogP contribution in [-0.4, -0.2) is 40.3 Å². The van der Waals surface area contributed by atoms with Gasteiger partial charge in [-0.1, -0.05) is 0 Å². The Morgan fingerprint density at radius 2 is 2.11 bits per heavy atom. The van der Waals surface area contributed by atoms with Crippen LogP contribution in [0.5, 0.6) is 5.75 Å². The summed E-state index contributed by atoms with van der Waals surface area (Å²) in [4.78, 5) is 6.97. The molecule has 0 aromatic carbocycles. The van der Waals surface area contributed by atoms with Crippen molar-refractivity contribution in [2.45, 2.75) is 13.0 Å². The molecule has 2 N–H and O–H groups in total. The first-order chi connectivity index (χ1) is 13.2. The number of fused-ring (bicyclic) bond motifs is 2. The third-order valence-corrected chi connectivity index (χ3v) is 5.66. The van der Waals surface area contributed by atoms with Crippen molar-refractivity contribution in [2.75, 3.05) is 24.6 Å². The third kappa shape index (κ3) is 2.53. The zero-order valence-electron chi connectivity index (χ0n) is 15.0. The second kappa shape index (κ2) is 5.96. The van der Waals surface area contributed by atoms with E-state index in [0.29, 0.717) is 35.8 Å². The highest BCUT2D eigenvalue weighted by Crippen LogP contribution is 2.45. The fourth-order valence-electron chi connectivity index (χ4n) is 4.14. The number of nitrogens with zero attached hydrogens (tertiary/aromatic N) is 5. The molecule has 4 heterocycles. The van der Waals surface area contributed by atoms with Crippen LogP contribution in [0.2, 0.25) is 0 Å². The summed E-state index contributed by atoms with van der Waals surface area (Å²) in [5.41, 5.74) is 9.15. The van der Waals surface area contributed by atoms with Gasteiger partial charge in [-0.05, 0) is 37.0 Å². The van der Waals surface area contributed by atoms with Crippen LogP contribution < -0.4 is 15.4 Å². The smallest absolute Gasteiger partial charge is 0.138 e. The van der Waals surface area contributed by atoms with Gasteiger partial charge in [-0.3, -0.25) is 0 Å². The molecule has 3 aromatic heterocycles. The minimum atomic E-state index is 0.376. The first-order valence-electron chi connectivity index (χ1n) is 9.21. The van der Waals surface area contributed by atoms with Crippen molar-refractivity contribution in [3.8, 4) is 22.9 Å². The standard InChI is InChI=1S/C20H20N6O/c1-2-27-14-5-15(20-13(6-21)8-24-26(20)9-14)12-3-4-18(23-7-12)25-10-16-17(11-25)19(16)22/h3-5,7-9,16-17,19H,2,10-11,22H2,1H3/t16-,17?,19-/m0/s1. The molecule has 0 bridgehead atoms. The van der Waals surface area contributed by atoms with Gasteiger partial charge in [0, 0.05) is 36.5 Å². The minimum Gasteiger partial charge on any atom is -0.492 e. The van der Waals surface area contributed by atoms with E-state index in [0.717, 1.165) is 35.6 Å². The highest BCUT2D eigenvalue weighted by Gasteiger charge is 2.53. The Kier molecular flexibility index (Phi) is 3.55. The Morgan fingerprint density at radius 1 is 1.30 bits per heavy atom. The first-order valence-corrected chi connectivity index (χ1v) is 9.21. The molecule has 1 aliphatic carbocycles. The Hall–Kier alpha value is -3.11.